The van der Waals surface area contributed by atoms with Crippen LogP contribution >= 0.6 is 23.2 Å². The summed E-state index contributed by atoms with van der Waals surface area (Å²) >= 11 is 11.9. The highest BCUT2D eigenvalue weighted by Gasteiger charge is 2.19. The number of hydrogen-bond donors (Lipinski definition) is 0. The first-order valence-corrected chi connectivity index (χ1v) is 6.82. The molecule has 1 amide bonds. The lowest BCUT2D eigenvalue weighted by Crippen LogP contribution is -2.35. The molecule has 0 saturated carbocycles. The van der Waals surface area contributed by atoms with E-state index in [4.69, 9.17) is 28.5 Å². The Morgan fingerprint density at radius 2 is 2.11 bits per heavy atom. The zero-order chi connectivity index (χ0) is 14.4. The summed E-state index contributed by atoms with van der Waals surface area (Å²) in [7, 11) is 0. The van der Waals surface area contributed by atoms with E-state index in [2.05, 4.69) is 6.07 Å². The standard InChI is InChI=1S/C14H16Cl2N2O/c1-10(2)9-18(7-3-6-17)14(19)12-8-11(15)4-5-13(12)16/h4-5,8,10H,3,7,9H2,1-2H3. The summed E-state index contributed by atoms with van der Waals surface area (Å²) in [5.41, 5.74) is 0.382. The number of carbonyl (C=O) groups excluding carboxylic acids is 1. The number of amides is 1. The third-order valence-corrected chi connectivity index (χ3v) is 3.09. The molecule has 102 valence electrons. The van der Waals surface area contributed by atoms with E-state index >= 15 is 0 Å². The molecular formula is C14H16Cl2N2O. The van der Waals surface area contributed by atoms with Gasteiger partial charge in [0.25, 0.3) is 5.91 Å². The minimum Gasteiger partial charge on any atom is -0.337 e. The average molecular weight is 299 g/mol. The highest BCUT2D eigenvalue weighted by Crippen LogP contribution is 2.22. The van der Waals surface area contributed by atoms with Crippen molar-refractivity contribution in [1.82, 2.24) is 4.90 Å². The van der Waals surface area contributed by atoms with Crippen LogP contribution in [-0.4, -0.2) is 23.9 Å². The van der Waals surface area contributed by atoms with Crippen LogP contribution in [0.1, 0.15) is 30.6 Å². The number of benzene rings is 1. The average Bonchev–Trinajstić information content (AvgIpc) is 2.36. The second-order valence-electron chi connectivity index (χ2n) is 4.68. The fourth-order valence-electron chi connectivity index (χ4n) is 1.73. The maximum Gasteiger partial charge on any atom is 0.255 e. The minimum atomic E-state index is -0.184. The lowest BCUT2D eigenvalue weighted by molar-refractivity contribution is 0.0740. The van der Waals surface area contributed by atoms with Crippen LogP contribution in [0.4, 0.5) is 0 Å². The molecular weight excluding hydrogens is 283 g/mol. The summed E-state index contributed by atoms with van der Waals surface area (Å²) in [6, 6.07) is 6.86. The van der Waals surface area contributed by atoms with Gasteiger partial charge in [-0.3, -0.25) is 4.79 Å². The van der Waals surface area contributed by atoms with Crippen LogP contribution in [0.3, 0.4) is 0 Å². The van der Waals surface area contributed by atoms with E-state index in [1.54, 1.807) is 23.1 Å². The molecule has 0 radical (unpaired) electrons. The van der Waals surface area contributed by atoms with E-state index in [0.717, 1.165) is 0 Å². The molecule has 1 rings (SSSR count). The number of hydrogen-bond acceptors (Lipinski definition) is 2. The lowest BCUT2D eigenvalue weighted by atomic mass is 10.1. The molecule has 0 N–H and O–H groups in total. The molecule has 19 heavy (non-hydrogen) atoms. The van der Waals surface area contributed by atoms with Gasteiger partial charge in [-0.15, -0.1) is 0 Å². The highest BCUT2D eigenvalue weighted by atomic mass is 35.5. The Balaban J connectivity index is 2.97. The van der Waals surface area contributed by atoms with E-state index in [1.165, 1.54) is 0 Å². The topological polar surface area (TPSA) is 44.1 Å². The molecule has 0 fully saturated rings. The van der Waals surface area contributed by atoms with E-state index in [9.17, 15) is 4.79 Å². The van der Waals surface area contributed by atoms with Gasteiger partial charge < -0.3 is 4.90 Å². The molecule has 0 unspecified atom stereocenters. The third-order valence-electron chi connectivity index (χ3n) is 2.53. The van der Waals surface area contributed by atoms with Crippen molar-refractivity contribution < 1.29 is 4.79 Å². The first-order valence-electron chi connectivity index (χ1n) is 6.07. The van der Waals surface area contributed by atoms with Crippen LogP contribution in [-0.2, 0) is 0 Å². The van der Waals surface area contributed by atoms with E-state index < -0.39 is 0 Å². The fourth-order valence-corrected chi connectivity index (χ4v) is 2.10. The van der Waals surface area contributed by atoms with E-state index in [1.807, 2.05) is 13.8 Å². The zero-order valence-corrected chi connectivity index (χ0v) is 12.5. The van der Waals surface area contributed by atoms with Crippen LogP contribution < -0.4 is 0 Å². The summed E-state index contributed by atoms with van der Waals surface area (Å²) in [6.45, 7) is 5.03. The van der Waals surface area contributed by atoms with Crippen LogP contribution in [0, 0.1) is 17.2 Å². The summed E-state index contributed by atoms with van der Waals surface area (Å²) in [5.74, 6) is 0.136. The quantitative estimate of drug-likeness (QED) is 0.824. The van der Waals surface area contributed by atoms with Gasteiger partial charge in [-0.05, 0) is 24.1 Å². The number of carbonyl (C=O) groups is 1. The first-order chi connectivity index (χ1) is 8.95. The number of nitrogens with zero attached hydrogens (tertiary/aromatic N) is 2. The van der Waals surface area contributed by atoms with Crippen LogP contribution in [0.25, 0.3) is 0 Å². The number of nitriles is 1. The van der Waals surface area contributed by atoms with Gasteiger partial charge in [0.2, 0.25) is 0 Å². The Kier molecular flexibility index (Phi) is 6.14. The monoisotopic (exact) mass is 298 g/mol. The van der Waals surface area contributed by atoms with Crippen molar-refractivity contribution in [2.75, 3.05) is 13.1 Å². The molecule has 0 bridgehead atoms. The molecule has 1 aromatic carbocycles. The molecule has 0 aliphatic heterocycles. The molecule has 0 saturated heterocycles. The Labute approximate surface area is 123 Å². The van der Waals surface area contributed by atoms with Crippen molar-refractivity contribution in [2.24, 2.45) is 5.92 Å². The minimum absolute atomic E-state index is 0.184. The Morgan fingerprint density at radius 1 is 1.42 bits per heavy atom. The third kappa shape index (κ3) is 4.74. The summed E-state index contributed by atoms with van der Waals surface area (Å²) in [4.78, 5) is 14.1. The highest BCUT2D eigenvalue weighted by molar-refractivity contribution is 6.35. The normalized spacial score (nSPS) is 10.3. The molecule has 1 aromatic rings. The molecule has 0 heterocycles. The zero-order valence-electron chi connectivity index (χ0n) is 11.0. The van der Waals surface area contributed by atoms with Crippen molar-refractivity contribution in [3.63, 3.8) is 0 Å². The molecule has 5 heteroatoms. The maximum atomic E-state index is 12.4. The molecule has 3 nitrogen and oxygen atoms in total. The molecule has 0 spiro atoms. The largest absolute Gasteiger partial charge is 0.337 e. The number of halogens is 2. The van der Waals surface area contributed by atoms with Gasteiger partial charge in [-0.25, -0.2) is 0 Å². The SMILES string of the molecule is CC(C)CN(CCC#N)C(=O)c1cc(Cl)ccc1Cl. The summed E-state index contributed by atoms with van der Waals surface area (Å²) in [5, 5.41) is 9.51. The second kappa shape index (κ2) is 7.37. The lowest BCUT2D eigenvalue weighted by Gasteiger charge is -2.24. The van der Waals surface area contributed by atoms with Gasteiger partial charge >= 0.3 is 0 Å². The molecule has 0 atom stereocenters. The Bertz CT molecular complexity index is 495. The first kappa shape index (κ1) is 15.8. The van der Waals surface area contributed by atoms with Gasteiger partial charge in [-0.1, -0.05) is 37.0 Å². The van der Waals surface area contributed by atoms with Crippen molar-refractivity contribution in [1.29, 1.82) is 5.26 Å². The Morgan fingerprint density at radius 3 is 2.68 bits per heavy atom. The molecule has 0 aromatic heterocycles. The maximum absolute atomic E-state index is 12.4. The van der Waals surface area contributed by atoms with Crippen molar-refractivity contribution in [3.8, 4) is 6.07 Å². The van der Waals surface area contributed by atoms with Gasteiger partial charge in [0.15, 0.2) is 0 Å². The molecule has 0 aliphatic carbocycles. The number of rotatable bonds is 5. The summed E-state index contributed by atoms with van der Waals surface area (Å²) in [6.07, 6.45) is 0.302. The van der Waals surface area contributed by atoms with E-state index in [0.29, 0.717) is 41.0 Å². The summed E-state index contributed by atoms with van der Waals surface area (Å²) < 4.78 is 0. The van der Waals surface area contributed by atoms with Gasteiger partial charge in [0.05, 0.1) is 23.1 Å². The van der Waals surface area contributed by atoms with Crippen LogP contribution in [0.5, 0.6) is 0 Å². The predicted octanol–water partition coefficient (Wildman–Crippen LogP) is 4.01. The van der Waals surface area contributed by atoms with Gasteiger partial charge in [0, 0.05) is 18.1 Å². The van der Waals surface area contributed by atoms with Gasteiger partial charge in [-0.2, -0.15) is 5.26 Å². The van der Waals surface area contributed by atoms with Crippen molar-refractivity contribution in [2.45, 2.75) is 20.3 Å². The fraction of sp³-hybridized carbons (Fsp3) is 0.429. The predicted molar refractivity (Wildman–Crippen MR) is 77.4 cm³/mol. The molecule has 0 aliphatic rings. The van der Waals surface area contributed by atoms with Crippen molar-refractivity contribution >= 4 is 29.1 Å². The van der Waals surface area contributed by atoms with E-state index in [-0.39, 0.29) is 5.91 Å². The van der Waals surface area contributed by atoms with Gasteiger partial charge in [0.1, 0.15) is 0 Å². The van der Waals surface area contributed by atoms with Crippen LogP contribution in [0.15, 0.2) is 18.2 Å². The Hall–Kier alpha value is -1.24. The second-order valence-corrected chi connectivity index (χ2v) is 5.52. The van der Waals surface area contributed by atoms with Crippen LogP contribution in [0.2, 0.25) is 10.0 Å². The smallest absolute Gasteiger partial charge is 0.255 e. The van der Waals surface area contributed by atoms with Crippen molar-refractivity contribution in [3.05, 3.63) is 33.8 Å².